The molecule has 1 aromatic rings. The lowest BCUT2D eigenvalue weighted by molar-refractivity contribution is -0.114. The number of Topliss-reactive ketones (excluding diaryl/α,β-unsaturated/α-hetero) is 1. The Labute approximate surface area is 152 Å². The van der Waals surface area contributed by atoms with E-state index in [4.69, 9.17) is 4.74 Å². The van der Waals surface area contributed by atoms with Gasteiger partial charge < -0.3 is 9.64 Å². The van der Waals surface area contributed by atoms with Crippen molar-refractivity contribution in [3.8, 4) is 6.07 Å². The Morgan fingerprint density at radius 1 is 1.35 bits per heavy atom. The fourth-order valence-electron chi connectivity index (χ4n) is 3.74. The number of halogens is 2. The number of nitriles is 1. The highest BCUT2D eigenvalue weighted by Gasteiger charge is 2.37. The van der Waals surface area contributed by atoms with Gasteiger partial charge >= 0.3 is 0 Å². The predicted octanol–water partition coefficient (Wildman–Crippen LogP) is 3.39. The van der Waals surface area contributed by atoms with Crippen LogP contribution in [0.4, 0.5) is 8.78 Å². The van der Waals surface area contributed by atoms with Gasteiger partial charge in [-0.1, -0.05) is 6.92 Å². The summed E-state index contributed by atoms with van der Waals surface area (Å²) in [6.07, 6.45) is 1.40. The van der Waals surface area contributed by atoms with Crippen LogP contribution < -0.4 is 0 Å². The SMILES string of the molecule is CCc1cc(F)c2c(c1F)C(N1CCC(C)(OC)CC1)=C(C#N)C(=O)C2. The number of benzene rings is 1. The first-order valence-corrected chi connectivity index (χ1v) is 8.83. The van der Waals surface area contributed by atoms with Crippen molar-refractivity contribution in [1.82, 2.24) is 4.90 Å². The van der Waals surface area contributed by atoms with Crippen LogP contribution in [0.15, 0.2) is 11.6 Å². The summed E-state index contributed by atoms with van der Waals surface area (Å²) >= 11 is 0. The zero-order valence-electron chi connectivity index (χ0n) is 15.3. The predicted molar refractivity (Wildman–Crippen MR) is 93.2 cm³/mol. The molecule has 138 valence electrons. The minimum atomic E-state index is -0.583. The summed E-state index contributed by atoms with van der Waals surface area (Å²) in [5.41, 5.74) is 0.260. The highest BCUT2D eigenvalue weighted by molar-refractivity contribution is 6.10. The minimum Gasteiger partial charge on any atom is -0.378 e. The number of piperidine rings is 1. The van der Waals surface area contributed by atoms with Crippen molar-refractivity contribution in [3.05, 3.63) is 40.0 Å². The lowest BCUT2D eigenvalue weighted by Gasteiger charge is -2.41. The molecule has 1 aliphatic carbocycles. The number of fused-ring (bicyclic) bond motifs is 1. The van der Waals surface area contributed by atoms with E-state index in [1.807, 2.05) is 17.9 Å². The number of likely N-dealkylation sites (tertiary alicyclic amines) is 1. The third-order valence-corrected chi connectivity index (χ3v) is 5.61. The molecule has 26 heavy (non-hydrogen) atoms. The summed E-state index contributed by atoms with van der Waals surface area (Å²) < 4.78 is 35.2. The van der Waals surface area contributed by atoms with Crippen LogP contribution >= 0.6 is 0 Å². The van der Waals surface area contributed by atoms with Gasteiger partial charge in [0.05, 0.1) is 11.3 Å². The fourth-order valence-corrected chi connectivity index (χ4v) is 3.74. The van der Waals surface area contributed by atoms with Crippen LogP contribution in [0.2, 0.25) is 0 Å². The number of ketones is 1. The zero-order valence-corrected chi connectivity index (χ0v) is 15.3. The maximum atomic E-state index is 15.1. The molecule has 0 spiro atoms. The number of rotatable bonds is 3. The number of hydrogen-bond donors (Lipinski definition) is 0. The third kappa shape index (κ3) is 2.90. The number of aryl methyl sites for hydroxylation is 1. The van der Waals surface area contributed by atoms with E-state index in [2.05, 4.69) is 0 Å². The zero-order chi connectivity index (χ0) is 19.1. The van der Waals surface area contributed by atoms with Crippen LogP contribution in [0.1, 0.15) is 43.4 Å². The molecule has 0 saturated carbocycles. The molecule has 0 unspecified atom stereocenters. The lowest BCUT2D eigenvalue weighted by Crippen LogP contribution is -2.44. The van der Waals surface area contributed by atoms with Crippen LogP contribution in [0.25, 0.3) is 5.70 Å². The van der Waals surface area contributed by atoms with Crippen molar-refractivity contribution < 1.29 is 18.3 Å². The molecule has 1 fully saturated rings. The molecule has 0 atom stereocenters. The molecule has 0 bridgehead atoms. The third-order valence-electron chi connectivity index (χ3n) is 5.61. The van der Waals surface area contributed by atoms with Crippen molar-refractivity contribution in [2.75, 3.05) is 20.2 Å². The second-order valence-electron chi connectivity index (χ2n) is 7.12. The summed E-state index contributed by atoms with van der Waals surface area (Å²) in [6, 6.07) is 3.09. The molecule has 1 heterocycles. The summed E-state index contributed by atoms with van der Waals surface area (Å²) in [6.45, 7) is 4.76. The Morgan fingerprint density at radius 2 is 2.00 bits per heavy atom. The maximum Gasteiger partial charge on any atom is 0.180 e. The van der Waals surface area contributed by atoms with E-state index in [-0.39, 0.29) is 40.0 Å². The normalized spacial score (nSPS) is 19.4. The van der Waals surface area contributed by atoms with E-state index < -0.39 is 17.4 Å². The molecule has 0 amide bonds. The number of carbonyl (C=O) groups is 1. The van der Waals surface area contributed by atoms with Crippen LogP contribution in [-0.2, 0) is 22.4 Å². The van der Waals surface area contributed by atoms with E-state index in [9.17, 15) is 14.4 Å². The van der Waals surface area contributed by atoms with Gasteiger partial charge in [-0.15, -0.1) is 0 Å². The highest BCUT2D eigenvalue weighted by atomic mass is 19.1. The molecule has 0 aromatic heterocycles. The Bertz CT molecular complexity index is 831. The summed E-state index contributed by atoms with van der Waals surface area (Å²) in [5, 5.41) is 9.53. The van der Waals surface area contributed by atoms with Gasteiger partial charge in [-0.2, -0.15) is 5.26 Å². The van der Waals surface area contributed by atoms with Gasteiger partial charge in [-0.25, -0.2) is 8.78 Å². The first-order chi connectivity index (χ1) is 12.3. The van der Waals surface area contributed by atoms with Gasteiger partial charge in [0.2, 0.25) is 0 Å². The standard InChI is InChI=1S/C20H22F2N2O2/c1-4-12-9-15(21)13-10-16(25)14(11-23)19(17(13)18(12)22)24-7-5-20(2,26-3)6-8-24/h9H,4-8,10H2,1-3H3. The Balaban J connectivity index is 2.16. The molecule has 6 heteroatoms. The average Bonchev–Trinajstić information content (AvgIpc) is 2.64. The highest BCUT2D eigenvalue weighted by Crippen LogP contribution is 2.39. The van der Waals surface area contributed by atoms with Crippen molar-refractivity contribution in [3.63, 3.8) is 0 Å². The monoisotopic (exact) mass is 360 g/mol. The quantitative estimate of drug-likeness (QED) is 0.829. The van der Waals surface area contributed by atoms with Gasteiger partial charge in [0.25, 0.3) is 0 Å². The Morgan fingerprint density at radius 3 is 2.54 bits per heavy atom. The second-order valence-corrected chi connectivity index (χ2v) is 7.12. The largest absolute Gasteiger partial charge is 0.378 e. The number of hydrogen-bond acceptors (Lipinski definition) is 4. The number of carbonyl (C=O) groups excluding carboxylic acids is 1. The molecule has 4 nitrogen and oxygen atoms in total. The molecular weight excluding hydrogens is 338 g/mol. The van der Waals surface area contributed by atoms with Gasteiger partial charge in [0, 0.05) is 37.7 Å². The minimum absolute atomic E-state index is 0.0544. The lowest BCUT2D eigenvalue weighted by atomic mass is 9.84. The first-order valence-electron chi connectivity index (χ1n) is 8.83. The first kappa shape index (κ1) is 18.5. The molecular formula is C20H22F2N2O2. The van der Waals surface area contributed by atoms with Gasteiger partial charge in [0.1, 0.15) is 23.3 Å². The van der Waals surface area contributed by atoms with E-state index in [1.54, 1.807) is 14.0 Å². The van der Waals surface area contributed by atoms with Crippen LogP contribution in [0.3, 0.4) is 0 Å². The van der Waals surface area contributed by atoms with Gasteiger partial charge in [-0.3, -0.25) is 4.79 Å². The van der Waals surface area contributed by atoms with Crippen molar-refractivity contribution in [2.24, 2.45) is 0 Å². The van der Waals surface area contributed by atoms with Crippen molar-refractivity contribution in [1.29, 1.82) is 5.26 Å². The van der Waals surface area contributed by atoms with Crippen LogP contribution in [0.5, 0.6) is 0 Å². The Hall–Kier alpha value is -2.26. The van der Waals surface area contributed by atoms with E-state index in [1.165, 1.54) is 0 Å². The molecule has 1 saturated heterocycles. The van der Waals surface area contributed by atoms with Crippen LogP contribution in [0, 0.1) is 23.0 Å². The van der Waals surface area contributed by atoms with Crippen molar-refractivity contribution >= 4 is 11.5 Å². The molecule has 3 rings (SSSR count). The van der Waals surface area contributed by atoms with Gasteiger partial charge in [-0.05, 0) is 37.8 Å². The van der Waals surface area contributed by atoms with Crippen LogP contribution in [-0.4, -0.2) is 36.5 Å². The number of methoxy groups -OCH3 is 1. The smallest absolute Gasteiger partial charge is 0.180 e. The molecule has 2 aliphatic rings. The molecule has 0 radical (unpaired) electrons. The molecule has 1 aromatic carbocycles. The number of nitrogens with zero attached hydrogens (tertiary/aromatic N) is 2. The van der Waals surface area contributed by atoms with E-state index >= 15 is 4.39 Å². The topological polar surface area (TPSA) is 53.3 Å². The molecule has 0 N–H and O–H groups in total. The van der Waals surface area contributed by atoms with Gasteiger partial charge in [0.15, 0.2) is 5.78 Å². The maximum absolute atomic E-state index is 15.1. The summed E-state index contributed by atoms with van der Waals surface area (Å²) in [7, 11) is 1.65. The summed E-state index contributed by atoms with van der Waals surface area (Å²) in [5.74, 6) is -1.57. The van der Waals surface area contributed by atoms with E-state index in [0.717, 1.165) is 6.07 Å². The summed E-state index contributed by atoms with van der Waals surface area (Å²) in [4.78, 5) is 14.3. The Kier molecular flexibility index (Phi) is 4.85. The number of allylic oxidation sites excluding steroid dienone is 1. The fraction of sp³-hybridized carbons (Fsp3) is 0.500. The number of ether oxygens (including phenoxy) is 1. The second kappa shape index (κ2) is 6.81. The van der Waals surface area contributed by atoms with Crippen molar-refractivity contribution in [2.45, 2.75) is 45.1 Å². The van der Waals surface area contributed by atoms with E-state index in [0.29, 0.717) is 32.4 Å². The average molecular weight is 360 g/mol. The molecule has 1 aliphatic heterocycles.